The molecule has 5 heterocycles. The van der Waals surface area contributed by atoms with E-state index in [4.69, 9.17) is 8.85 Å². The third kappa shape index (κ3) is 5.90. The van der Waals surface area contributed by atoms with Gasteiger partial charge in [-0.15, -0.1) is 4.57 Å². The third-order valence-corrected chi connectivity index (χ3v) is 14.1. The lowest BCUT2D eigenvalue weighted by Gasteiger charge is -2.49. The molecule has 0 bridgehead atoms. The summed E-state index contributed by atoms with van der Waals surface area (Å²) in [6.45, 7) is 23.2. The topological polar surface area (TPSA) is 19.6 Å². The van der Waals surface area contributed by atoms with Crippen molar-refractivity contribution in [3.63, 3.8) is 0 Å². The zero-order valence-corrected chi connectivity index (χ0v) is 39.3. The fourth-order valence-electron chi connectivity index (χ4n) is 10.9. The number of nitrogens with zero attached hydrogens (tertiary/aromatic N) is 3. The Kier molecular flexibility index (Phi) is 7.97. The molecule has 0 aliphatic carbocycles. The first-order valence-electron chi connectivity index (χ1n) is 24.7. The van der Waals surface area contributed by atoms with Gasteiger partial charge in [0.15, 0.2) is 6.20 Å². The molecule has 0 saturated carbocycles. The molecule has 0 N–H and O–H groups in total. The Morgan fingerprint density at radius 3 is 2.05 bits per heavy atom. The largest absolute Gasteiger partial charge is 0.432 e. The molecule has 7 aromatic rings. The number of aryl methyl sites for hydroxylation is 1. The summed E-state index contributed by atoms with van der Waals surface area (Å²) in [6, 6.07) is 46.5. The number of pyridine rings is 1. The molecule has 6 aromatic carbocycles. The van der Waals surface area contributed by atoms with E-state index in [1.54, 1.807) is 12.1 Å². The number of hydrogen-bond acceptors (Lipinski definition) is 3. The van der Waals surface area contributed by atoms with Gasteiger partial charge in [0.1, 0.15) is 17.5 Å². The predicted octanol–water partition coefficient (Wildman–Crippen LogP) is 15.1. The van der Waals surface area contributed by atoms with Gasteiger partial charge < -0.3 is 9.64 Å². The summed E-state index contributed by atoms with van der Waals surface area (Å²) >= 11 is 0. The molecule has 1 spiro atoms. The van der Waals surface area contributed by atoms with Crippen LogP contribution >= 0.6 is 0 Å². The molecule has 1 aromatic heterocycles. The van der Waals surface area contributed by atoms with Gasteiger partial charge in [0.25, 0.3) is 0 Å². The SMILES string of the molecule is [2H]C([2H])([2H])c1ccc(-c2cc[n+]3c(c2)-c2cc(C(C)(C)C)cc4c2C32Oc3c(cc(C(C)(C)C)cc3C(C)(C)C)C3N(c5ccc(CC(C)C)cc5-c5ccccc5)c5cccc-4c5N32)cc1. The number of ether oxygens (including phenoxy) is 1. The average molecular weight is 844 g/mol. The van der Waals surface area contributed by atoms with Gasteiger partial charge in [0, 0.05) is 44.1 Å². The smallest absolute Gasteiger partial charge is 0.410 e. The molecular formula is C60H62N3O+. The van der Waals surface area contributed by atoms with Crippen molar-refractivity contribution in [1.29, 1.82) is 0 Å². The van der Waals surface area contributed by atoms with Gasteiger partial charge in [-0.2, -0.15) is 0 Å². The zero-order valence-electron chi connectivity index (χ0n) is 42.3. The summed E-state index contributed by atoms with van der Waals surface area (Å²) in [5.41, 5.74) is 19.6. The van der Waals surface area contributed by atoms with Gasteiger partial charge in [0.2, 0.25) is 5.69 Å². The normalized spacial score (nSPS) is 18.8. The summed E-state index contributed by atoms with van der Waals surface area (Å²) in [5, 5.41) is 0. The third-order valence-electron chi connectivity index (χ3n) is 14.1. The van der Waals surface area contributed by atoms with Crippen molar-refractivity contribution in [3.8, 4) is 50.4 Å². The fourth-order valence-corrected chi connectivity index (χ4v) is 10.9. The highest BCUT2D eigenvalue weighted by Gasteiger charge is 2.70. The zero-order chi connectivity index (χ0) is 47.3. The van der Waals surface area contributed by atoms with E-state index in [1.807, 2.05) is 12.1 Å². The van der Waals surface area contributed by atoms with Crippen molar-refractivity contribution in [1.82, 2.24) is 0 Å². The first-order valence-corrected chi connectivity index (χ1v) is 23.2. The Labute approximate surface area is 385 Å². The van der Waals surface area contributed by atoms with E-state index < -0.39 is 12.7 Å². The molecule has 0 fully saturated rings. The van der Waals surface area contributed by atoms with Crippen LogP contribution in [0.4, 0.5) is 17.1 Å². The molecule has 4 heteroatoms. The second-order valence-corrected chi connectivity index (χ2v) is 22.2. The van der Waals surface area contributed by atoms with Crippen molar-refractivity contribution in [2.24, 2.45) is 5.92 Å². The minimum atomic E-state index is -2.17. The number of fused-ring (bicyclic) bond motifs is 5. The molecule has 0 amide bonds. The standard InChI is InChI=1S/C60H62N3O/c1-36(2)29-38-23-26-50(45(30-38)40-17-14-13-15-18-40)62-51-20-16-19-44-46-32-42(57(4,5)6)33-47-52-31-41(39-24-21-37(3)22-25-39)27-28-61(52)60(53(46)47)63(54(44)51)56(62)48-34-43(58(7,8)9)35-49(55(48)64-60)59(10,11)12/h13-28,30-36,56H,29H2,1-12H3/q+1/i3D3. The molecule has 64 heavy (non-hydrogen) atoms. The van der Waals surface area contributed by atoms with Crippen LogP contribution in [0.1, 0.15) is 125 Å². The van der Waals surface area contributed by atoms with Crippen molar-refractivity contribution >= 4 is 17.1 Å². The first kappa shape index (κ1) is 37.3. The number of hydrogen-bond donors (Lipinski definition) is 0. The maximum absolute atomic E-state index is 8.15. The number of benzene rings is 6. The van der Waals surface area contributed by atoms with E-state index in [2.05, 4.69) is 200 Å². The minimum absolute atomic E-state index is 0.128. The number of aromatic nitrogens is 1. The fraction of sp³-hybridized carbons (Fsp3) is 0.317. The number of rotatable bonds is 5. The first-order chi connectivity index (χ1) is 31.6. The lowest BCUT2D eigenvalue weighted by molar-refractivity contribution is -0.774. The van der Waals surface area contributed by atoms with E-state index in [0.29, 0.717) is 11.5 Å². The van der Waals surface area contributed by atoms with Crippen LogP contribution < -0.4 is 19.1 Å². The van der Waals surface area contributed by atoms with E-state index in [-0.39, 0.29) is 22.4 Å². The molecule has 0 radical (unpaired) electrons. The van der Waals surface area contributed by atoms with Crippen LogP contribution in [-0.2, 0) is 28.5 Å². The maximum atomic E-state index is 8.15. The number of para-hydroxylation sites is 1. The maximum Gasteiger partial charge on any atom is 0.432 e. The Bertz CT molecular complexity index is 3170. The van der Waals surface area contributed by atoms with Crippen LogP contribution in [0.5, 0.6) is 5.75 Å². The molecule has 4 aliphatic rings. The Balaban J connectivity index is 1.27. The minimum Gasteiger partial charge on any atom is -0.410 e. The predicted molar refractivity (Wildman–Crippen MR) is 266 cm³/mol. The van der Waals surface area contributed by atoms with Crippen LogP contribution in [0, 0.1) is 12.8 Å². The van der Waals surface area contributed by atoms with Gasteiger partial charge in [-0.1, -0.05) is 161 Å². The van der Waals surface area contributed by atoms with E-state index in [9.17, 15) is 0 Å². The molecule has 11 rings (SSSR count). The molecule has 2 unspecified atom stereocenters. The second-order valence-electron chi connectivity index (χ2n) is 22.2. The molecular weight excluding hydrogens is 779 g/mol. The molecule has 322 valence electrons. The van der Waals surface area contributed by atoms with Crippen LogP contribution in [0.2, 0.25) is 0 Å². The van der Waals surface area contributed by atoms with Gasteiger partial charge in [-0.25, -0.2) is 4.90 Å². The van der Waals surface area contributed by atoms with Gasteiger partial charge in [-0.3, -0.25) is 0 Å². The lowest BCUT2D eigenvalue weighted by Crippen LogP contribution is -2.71. The van der Waals surface area contributed by atoms with Crippen LogP contribution in [-0.4, -0.2) is 0 Å². The summed E-state index contributed by atoms with van der Waals surface area (Å²) in [7, 11) is 0. The van der Waals surface area contributed by atoms with Gasteiger partial charge in [0.05, 0.1) is 22.6 Å². The summed E-state index contributed by atoms with van der Waals surface area (Å²) in [6.07, 6.45) is 2.92. The molecule has 4 aliphatic heterocycles. The van der Waals surface area contributed by atoms with E-state index >= 15 is 0 Å². The van der Waals surface area contributed by atoms with Gasteiger partial charge >= 0.3 is 5.85 Å². The summed E-state index contributed by atoms with van der Waals surface area (Å²) in [5.74, 6) is 0.341. The highest BCUT2D eigenvalue weighted by molar-refractivity contribution is 6.03. The van der Waals surface area contributed by atoms with Crippen molar-refractivity contribution < 1.29 is 13.4 Å². The highest BCUT2D eigenvalue weighted by atomic mass is 16.5. The Hall–Kier alpha value is -6.13. The Morgan fingerprint density at radius 2 is 1.36 bits per heavy atom. The summed E-state index contributed by atoms with van der Waals surface area (Å²) in [4.78, 5) is 5.26. The van der Waals surface area contributed by atoms with E-state index in [0.717, 1.165) is 62.7 Å². The second kappa shape index (κ2) is 13.7. The number of anilines is 3. The summed E-state index contributed by atoms with van der Waals surface area (Å²) < 4.78 is 34.7. The monoisotopic (exact) mass is 844 g/mol. The average Bonchev–Trinajstić information content (AvgIpc) is 3.76. The van der Waals surface area contributed by atoms with Crippen molar-refractivity contribution in [2.75, 3.05) is 9.80 Å². The van der Waals surface area contributed by atoms with Gasteiger partial charge in [-0.05, 0) is 105 Å². The quantitative estimate of drug-likeness (QED) is 0.161. The van der Waals surface area contributed by atoms with Crippen LogP contribution in [0.3, 0.4) is 0 Å². The molecule has 2 atom stereocenters. The van der Waals surface area contributed by atoms with Crippen LogP contribution in [0.25, 0.3) is 44.6 Å². The van der Waals surface area contributed by atoms with E-state index in [1.165, 1.54) is 44.5 Å². The van der Waals surface area contributed by atoms with Crippen molar-refractivity contribution in [3.05, 3.63) is 173 Å². The Morgan fingerprint density at radius 1 is 0.641 bits per heavy atom. The van der Waals surface area contributed by atoms with Crippen molar-refractivity contribution in [2.45, 2.75) is 118 Å². The highest BCUT2D eigenvalue weighted by Crippen LogP contribution is 2.68. The molecule has 0 saturated heterocycles. The molecule has 4 nitrogen and oxygen atoms in total. The lowest BCUT2D eigenvalue weighted by atomic mass is 9.77. The van der Waals surface area contributed by atoms with Crippen LogP contribution in [0.15, 0.2) is 134 Å².